The summed E-state index contributed by atoms with van der Waals surface area (Å²) < 4.78 is 26.5. The van der Waals surface area contributed by atoms with Crippen molar-refractivity contribution in [3.8, 4) is 17.5 Å². The normalized spacial score (nSPS) is 12.0. The van der Waals surface area contributed by atoms with Crippen molar-refractivity contribution in [1.82, 2.24) is 24.6 Å². The van der Waals surface area contributed by atoms with E-state index >= 15 is 0 Å². The van der Waals surface area contributed by atoms with Gasteiger partial charge in [-0.1, -0.05) is 36.1 Å². The van der Waals surface area contributed by atoms with Gasteiger partial charge < -0.3 is 5.32 Å². The van der Waals surface area contributed by atoms with Crippen LogP contribution in [-0.2, 0) is 10.0 Å². The lowest BCUT2D eigenvalue weighted by Crippen LogP contribution is -2.34. The largest absolute Gasteiger partial charge is 0.342 e. The van der Waals surface area contributed by atoms with E-state index in [1.54, 1.807) is 67.8 Å². The molecule has 41 heavy (non-hydrogen) atoms. The highest BCUT2D eigenvalue weighted by molar-refractivity contribution is 7.88. The molecule has 5 N–H and O–H groups in total. The Morgan fingerprint density at radius 2 is 1.90 bits per heavy atom. The smallest absolute Gasteiger partial charge is 0.285 e. The van der Waals surface area contributed by atoms with Crippen LogP contribution in [0, 0.1) is 11.8 Å². The second-order valence-corrected chi connectivity index (χ2v) is 11.1. The highest BCUT2D eigenvalue weighted by Crippen LogP contribution is 2.22. The molecular weight excluding hydrogens is 542 g/mol. The summed E-state index contributed by atoms with van der Waals surface area (Å²) in [4.78, 5) is 39.6. The Kier molecular flexibility index (Phi) is 7.47. The van der Waals surface area contributed by atoms with E-state index in [2.05, 4.69) is 31.8 Å². The van der Waals surface area contributed by atoms with Crippen LogP contribution in [0.3, 0.4) is 0 Å². The van der Waals surface area contributed by atoms with Gasteiger partial charge >= 0.3 is 0 Å². The van der Waals surface area contributed by atoms with E-state index in [-0.39, 0.29) is 23.3 Å². The lowest BCUT2D eigenvalue weighted by atomic mass is 10.1. The fourth-order valence-electron chi connectivity index (χ4n) is 4.44. The monoisotopic (exact) mass is 568 g/mol. The molecule has 0 bridgehead atoms. The third kappa shape index (κ3) is 5.76. The fraction of sp³-hybridized carbons (Fsp3) is 0.138. The van der Waals surface area contributed by atoms with E-state index in [9.17, 15) is 18.0 Å². The molecule has 0 saturated carbocycles. The molecule has 0 radical (unpaired) electrons. The van der Waals surface area contributed by atoms with Gasteiger partial charge in [-0.15, -0.1) is 0 Å². The Morgan fingerprint density at radius 1 is 1.12 bits per heavy atom. The van der Waals surface area contributed by atoms with Crippen molar-refractivity contribution in [2.45, 2.75) is 13.0 Å². The number of hydrogen-bond donors (Lipinski definition) is 3. The van der Waals surface area contributed by atoms with Crippen LogP contribution in [-0.4, -0.2) is 41.7 Å². The van der Waals surface area contributed by atoms with Crippen LogP contribution in [0.2, 0.25) is 0 Å². The maximum Gasteiger partial charge on any atom is 0.285 e. The van der Waals surface area contributed by atoms with E-state index < -0.39 is 27.5 Å². The molecule has 1 unspecified atom stereocenters. The SMILES string of the molecule is CC(NC(=O)c1c(N)[nH+]cc2cccnc12)c1nc2cccc(C#CCNS(C)(=O)=O)c2c(=O)n1-c1ccccc1. The molecule has 0 fully saturated rings. The number of nitrogen functional groups attached to an aromatic ring is 1. The molecule has 0 aliphatic heterocycles. The zero-order valence-corrected chi connectivity index (χ0v) is 23.0. The molecule has 206 valence electrons. The van der Waals surface area contributed by atoms with E-state index in [0.717, 1.165) is 6.26 Å². The average molecular weight is 569 g/mol. The number of benzene rings is 2. The number of sulfonamides is 1. The Labute approximate surface area is 235 Å². The van der Waals surface area contributed by atoms with Gasteiger partial charge in [0.05, 0.1) is 47.1 Å². The number of nitrogens with zero attached hydrogens (tertiary/aromatic N) is 3. The molecule has 12 heteroatoms. The van der Waals surface area contributed by atoms with Gasteiger partial charge in [0.15, 0.2) is 5.56 Å². The number of nitrogens with one attached hydrogen (secondary N) is 3. The maximum absolute atomic E-state index is 14.0. The molecule has 3 aromatic heterocycles. The summed E-state index contributed by atoms with van der Waals surface area (Å²) in [7, 11) is -3.41. The van der Waals surface area contributed by atoms with Crippen LogP contribution < -0.4 is 26.3 Å². The Bertz CT molecular complexity index is 2030. The molecule has 0 aliphatic carbocycles. The van der Waals surface area contributed by atoms with Gasteiger partial charge in [0, 0.05) is 17.1 Å². The summed E-state index contributed by atoms with van der Waals surface area (Å²) in [6, 6.07) is 16.8. The minimum atomic E-state index is -3.41. The lowest BCUT2D eigenvalue weighted by molar-refractivity contribution is -0.358. The molecule has 2 aromatic carbocycles. The Morgan fingerprint density at radius 3 is 2.66 bits per heavy atom. The van der Waals surface area contributed by atoms with Crippen molar-refractivity contribution in [3.05, 3.63) is 100 Å². The number of carbonyl (C=O) groups is 1. The number of anilines is 1. The number of hydrogen-bond acceptors (Lipinski definition) is 7. The third-order valence-corrected chi connectivity index (χ3v) is 6.94. The number of aromatic amines is 1. The second kappa shape index (κ2) is 11.2. The van der Waals surface area contributed by atoms with Gasteiger partial charge in [-0.05, 0) is 43.3 Å². The predicted molar refractivity (Wildman–Crippen MR) is 156 cm³/mol. The maximum atomic E-state index is 14.0. The molecule has 1 atom stereocenters. The van der Waals surface area contributed by atoms with Gasteiger partial charge in [-0.2, -0.15) is 0 Å². The number of fused-ring (bicyclic) bond motifs is 2. The minimum Gasteiger partial charge on any atom is -0.342 e. The van der Waals surface area contributed by atoms with E-state index in [0.29, 0.717) is 33.5 Å². The van der Waals surface area contributed by atoms with Crippen LogP contribution in [0.5, 0.6) is 0 Å². The molecule has 5 rings (SSSR count). The Hall–Kier alpha value is -5.12. The summed E-state index contributed by atoms with van der Waals surface area (Å²) in [5.74, 6) is 5.59. The van der Waals surface area contributed by atoms with Crippen LogP contribution in [0.15, 0.2) is 77.9 Å². The molecule has 1 amide bonds. The second-order valence-electron chi connectivity index (χ2n) is 9.25. The van der Waals surface area contributed by atoms with E-state index in [4.69, 9.17) is 10.7 Å². The van der Waals surface area contributed by atoms with Crippen molar-refractivity contribution >= 4 is 43.6 Å². The number of H-pyrrole nitrogens is 1. The van der Waals surface area contributed by atoms with Gasteiger partial charge in [0.1, 0.15) is 5.82 Å². The first-order valence-corrected chi connectivity index (χ1v) is 14.4. The number of aromatic nitrogens is 4. The van der Waals surface area contributed by atoms with Crippen molar-refractivity contribution in [1.29, 1.82) is 0 Å². The molecular formula is C29H26N7O4S+. The highest BCUT2D eigenvalue weighted by atomic mass is 32.2. The molecule has 11 nitrogen and oxygen atoms in total. The number of rotatable bonds is 6. The standard InChI is InChI=1S/C29H25N7O4S/c1-18(34-28(37)24-25-20(11-7-15-31-25)17-32-26(24)30)27-35-22-14-6-9-19(10-8-16-33-41(2,39)40)23(22)29(38)36(27)21-12-4-3-5-13-21/h3-7,9,11-15,17-18,33H,16H2,1-2H3,(H2,30,32)(H,34,37)/p+1. The number of carbonyl (C=O) groups excluding carboxylic acids is 1. The number of nitrogens with two attached hydrogens (primary N) is 1. The highest BCUT2D eigenvalue weighted by Gasteiger charge is 2.25. The van der Waals surface area contributed by atoms with Crippen molar-refractivity contribution in [3.63, 3.8) is 0 Å². The number of para-hydroxylation sites is 1. The summed E-state index contributed by atoms with van der Waals surface area (Å²) in [5.41, 5.74) is 7.68. The van der Waals surface area contributed by atoms with Gasteiger partial charge in [0.2, 0.25) is 10.0 Å². The third-order valence-electron chi connectivity index (χ3n) is 6.27. The molecule has 5 aromatic rings. The molecule has 0 spiro atoms. The molecule has 0 aliphatic rings. The van der Waals surface area contributed by atoms with Gasteiger partial charge in [-0.3, -0.25) is 24.9 Å². The van der Waals surface area contributed by atoms with Gasteiger partial charge in [0.25, 0.3) is 17.3 Å². The van der Waals surface area contributed by atoms with Crippen LogP contribution in [0.1, 0.15) is 34.7 Å². The van der Waals surface area contributed by atoms with Gasteiger partial charge in [-0.25, -0.2) is 23.1 Å². The summed E-state index contributed by atoms with van der Waals surface area (Å²) >= 11 is 0. The topological polar surface area (TPSA) is 163 Å². The van der Waals surface area contributed by atoms with Crippen LogP contribution in [0.25, 0.3) is 27.5 Å². The first-order chi connectivity index (χ1) is 19.6. The number of pyridine rings is 2. The van der Waals surface area contributed by atoms with Crippen LogP contribution >= 0.6 is 0 Å². The minimum absolute atomic E-state index is 0.111. The Balaban J connectivity index is 1.61. The first-order valence-electron chi connectivity index (χ1n) is 12.5. The lowest BCUT2D eigenvalue weighted by Gasteiger charge is -2.20. The quantitative estimate of drug-likeness (QED) is 0.263. The zero-order valence-electron chi connectivity index (χ0n) is 22.2. The summed E-state index contributed by atoms with van der Waals surface area (Å²) in [6.45, 7) is 1.62. The van der Waals surface area contributed by atoms with Crippen molar-refractivity contribution in [2.75, 3.05) is 18.5 Å². The summed E-state index contributed by atoms with van der Waals surface area (Å²) in [5, 5.41) is 3.90. The van der Waals surface area contributed by atoms with E-state index in [1.165, 1.54) is 4.57 Å². The summed E-state index contributed by atoms with van der Waals surface area (Å²) in [6.07, 6.45) is 4.30. The zero-order chi connectivity index (χ0) is 29.1. The predicted octanol–water partition coefficient (Wildman–Crippen LogP) is 1.72. The first kappa shape index (κ1) is 27.4. The van der Waals surface area contributed by atoms with Crippen molar-refractivity contribution in [2.24, 2.45) is 0 Å². The average Bonchev–Trinajstić information content (AvgIpc) is 2.95. The van der Waals surface area contributed by atoms with Crippen molar-refractivity contribution < 1.29 is 18.2 Å². The molecule has 3 heterocycles. The fourth-order valence-corrected chi connectivity index (χ4v) is 4.77. The molecule has 0 saturated heterocycles. The number of amides is 1. The van der Waals surface area contributed by atoms with Crippen LogP contribution in [0.4, 0.5) is 5.82 Å². The van der Waals surface area contributed by atoms with E-state index in [1.807, 2.05) is 12.1 Å².